The molecule has 2 fully saturated rings. The van der Waals surface area contributed by atoms with E-state index in [1.807, 2.05) is 55.5 Å². The highest BCUT2D eigenvalue weighted by atomic mass is 32.2. The third-order valence-electron chi connectivity index (χ3n) is 5.87. The van der Waals surface area contributed by atoms with E-state index in [1.165, 1.54) is 17.3 Å². The zero-order chi connectivity index (χ0) is 21.5. The van der Waals surface area contributed by atoms with Crippen LogP contribution in [0.1, 0.15) is 29.5 Å². The summed E-state index contributed by atoms with van der Waals surface area (Å²) in [5.41, 5.74) is 4.29. The predicted molar refractivity (Wildman–Crippen MR) is 127 cm³/mol. The summed E-state index contributed by atoms with van der Waals surface area (Å²) in [4.78, 5) is 30.6. The van der Waals surface area contributed by atoms with Gasteiger partial charge in [-0.25, -0.2) is 0 Å². The number of aryl methyl sites for hydroxylation is 1. The van der Waals surface area contributed by atoms with Crippen molar-refractivity contribution in [1.82, 2.24) is 4.90 Å². The molecule has 1 unspecified atom stereocenters. The van der Waals surface area contributed by atoms with Crippen LogP contribution in [0.4, 0.5) is 5.69 Å². The molecule has 31 heavy (non-hydrogen) atoms. The van der Waals surface area contributed by atoms with Crippen molar-refractivity contribution in [2.24, 2.45) is 0 Å². The first kappa shape index (κ1) is 20.4. The molecule has 0 saturated carbocycles. The number of fused-ring (bicyclic) bond motifs is 1. The van der Waals surface area contributed by atoms with Crippen molar-refractivity contribution in [3.8, 4) is 0 Å². The number of ether oxygens (including phenoxy) is 1. The van der Waals surface area contributed by atoms with Crippen molar-refractivity contribution >= 4 is 51.4 Å². The molecule has 7 heteroatoms. The molecule has 158 valence electrons. The second-order valence-electron chi connectivity index (χ2n) is 8.02. The number of amides is 2. The van der Waals surface area contributed by atoms with E-state index in [0.717, 1.165) is 36.3 Å². The van der Waals surface area contributed by atoms with Gasteiger partial charge in [0, 0.05) is 12.2 Å². The zero-order valence-corrected chi connectivity index (χ0v) is 18.8. The van der Waals surface area contributed by atoms with Gasteiger partial charge in [-0.1, -0.05) is 72.0 Å². The van der Waals surface area contributed by atoms with E-state index >= 15 is 0 Å². The average molecular weight is 451 g/mol. The summed E-state index contributed by atoms with van der Waals surface area (Å²) in [6.45, 7) is 3.66. The van der Waals surface area contributed by atoms with E-state index in [1.54, 1.807) is 9.80 Å². The molecule has 0 bridgehead atoms. The van der Waals surface area contributed by atoms with E-state index in [-0.39, 0.29) is 17.9 Å². The lowest BCUT2D eigenvalue weighted by Crippen LogP contribution is -2.35. The molecule has 5 rings (SSSR count). The van der Waals surface area contributed by atoms with Gasteiger partial charge in [0.05, 0.1) is 35.4 Å². The molecule has 2 amide bonds. The van der Waals surface area contributed by atoms with Crippen LogP contribution in [0.3, 0.4) is 0 Å². The highest BCUT2D eigenvalue weighted by Gasteiger charge is 2.42. The Bertz CT molecular complexity index is 1100. The average Bonchev–Trinajstić information content (AvgIpc) is 3.45. The third-order valence-corrected chi connectivity index (χ3v) is 7.32. The van der Waals surface area contributed by atoms with E-state index in [0.29, 0.717) is 27.9 Å². The number of hydrogen-bond donors (Lipinski definition) is 0. The van der Waals surface area contributed by atoms with E-state index in [4.69, 9.17) is 17.0 Å². The lowest BCUT2D eigenvalue weighted by Gasteiger charge is -2.18. The standard InChI is InChI=1S/C24H22N2O3S2/c1-15-8-10-16(11-9-15)13-25-19-7-3-2-6-18(19)20(22(25)27)21-23(28)26(24(30)31-21)14-17-5-4-12-29-17/h2-3,6-11,17H,4-5,12-14H2,1H3. The number of anilines is 1. The maximum absolute atomic E-state index is 13.5. The first-order chi connectivity index (χ1) is 15.0. The summed E-state index contributed by atoms with van der Waals surface area (Å²) in [6, 6.07) is 15.8. The maximum Gasteiger partial charge on any atom is 0.267 e. The van der Waals surface area contributed by atoms with Gasteiger partial charge in [0.25, 0.3) is 11.8 Å². The van der Waals surface area contributed by atoms with Crippen LogP contribution in [-0.4, -0.2) is 40.3 Å². The third kappa shape index (κ3) is 3.71. The van der Waals surface area contributed by atoms with Crippen LogP contribution in [0.25, 0.3) is 5.57 Å². The Labute approximate surface area is 191 Å². The van der Waals surface area contributed by atoms with Crippen molar-refractivity contribution in [2.75, 3.05) is 18.1 Å². The maximum atomic E-state index is 13.5. The minimum Gasteiger partial charge on any atom is -0.376 e. The topological polar surface area (TPSA) is 49.9 Å². The van der Waals surface area contributed by atoms with Crippen molar-refractivity contribution < 1.29 is 14.3 Å². The Morgan fingerprint density at radius 1 is 1.06 bits per heavy atom. The fraction of sp³-hybridized carbons (Fsp3) is 0.292. The number of thioether (sulfide) groups is 1. The van der Waals surface area contributed by atoms with Gasteiger partial charge in [-0.15, -0.1) is 0 Å². The molecule has 3 heterocycles. The normalized spacial score (nSPS) is 23.3. The van der Waals surface area contributed by atoms with Crippen molar-refractivity contribution in [1.29, 1.82) is 0 Å². The van der Waals surface area contributed by atoms with Crippen LogP contribution in [0.5, 0.6) is 0 Å². The summed E-state index contributed by atoms with van der Waals surface area (Å²) in [6.07, 6.45) is 1.94. The zero-order valence-electron chi connectivity index (χ0n) is 17.2. The highest BCUT2D eigenvalue weighted by molar-refractivity contribution is 8.26. The molecule has 0 N–H and O–H groups in total. The number of nitrogens with zero attached hydrogens (tertiary/aromatic N) is 2. The molecule has 0 spiro atoms. The fourth-order valence-corrected chi connectivity index (χ4v) is 5.58. The summed E-state index contributed by atoms with van der Waals surface area (Å²) < 4.78 is 6.18. The Morgan fingerprint density at radius 3 is 2.58 bits per heavy atom. The molecular formula is C24H22N2O3S2. The second kappa shape index (κ2) is 8.22. The first-order valence-electron chi connectivity index (χ1n) is 10.4. The van der Waals surface area contributed by atoms with E-state index in [2.05, 4.69) is 0 Å². The smallest absolute Gasteiger partial charge is 0.267 e. The number of carbonyl (C=O) groups excluding carboxylic acids is 2. The van der Waals surface area contributed by atoms with Gasteiger partial charge in [0.15, 0.2) is 0 Å². The molecule has 1 atom stereocenters. The lowest BCUT2D eigenvalue weighted by molar-refractivity contribution is -0.123. The molecule has 3 aliphatic heterocycles. The molecule has 2 aromatic rings. The number of rotatable bonds is 4. The largest absolute Gasteiger partial charge is 0.376 e. The summed E-state index contributed by atoms with van der Waals surface area (Å²) in [7, 11) is 0. The number of carbonyl (C=O) groups is 2. The molecular weight excluding hydrogens is 428 g/mol. The van der Waals surface area contributed by atoms with E-state index in [9.17, 15) is 9.59 Å². The van der Waals surface area contributed by atoms with Gasteiger partial charge in [-0.2, -0.15) is 0 Å². The Kier molecular flexibility index (Phi) is 5.42. The molecule has 2 aromatic carbocycles. The predicted octanol–water partition coefficient (Wildman–Crippen LogP) is 4.29. The van der Waals surface area contributed by atoms with Crippen LogP contribution in [0.2, 0.25) is 0 Å². The molecule has 0 aliphatic carbocycles. The summed E-state index contributed by atoms with van der Waals surface area (Å²) >= 11 is 6.73. The second-order valence-corrected chi connectivity index (χ2v) is 9.66. The van der Waals surface area contributed by atoms with Crippen LogP contribution >= 0.6 is 24.0 Å². The van der Waals surface area contributed by atoms with Gasteiger partial charge < -0.3 is 9.64 Å². The SMILES string of the molecule is Cc1ccc(CN2C(=O)C(=C3SC(=S)N(CC4CCCO4)C3=O)c3ccccc32)cc1. The minimum absolute atomic E-state index is 0.0106. The molecule has 5 nitrogen and oxygen atoms in total. The van der Waals surface area contributed by atoms with Gasteiger partial charge in [-0.05, 0) is 31.4 Å². The van der Waals surface area contributed by atoms with Gasteiger partial charge in [0.2, 0.25) is 0 Å². The van der Waals surface area contributed by atoms with Crippen molar-refractivity contribution in [3.05, 3.63) is 70.1 Å². The number of benzene rings is 2. The molecule has 0 aromatic heterocycles. The number of para-hydroxylation sites is 1. The first-order valence-corrected chi connectivity index (χ1v) is 11.6. The molecule has 2 saturated heterocycles. The fourth-order valence-electron chi connectivity index (χ4n) is 4.23. The Morgan fingerprint density at radius 2 is 1.84 bits per heavy atom. The highest BCUT2D eigenvalue weighted by Crippen LogP contribution is 2.45. The monoisotopic (exact) mass is 450 g/mol. The van der Waals surface area contributed by atoms with Gasteiger partial charge in [0.1, 0.15) is 4.32 Å². The minimum atomic E-state index is -0.194. The Hall–Kier alpha value is -2.48. The van der Waals surface area contributed by atoms with Crippen LogP contribution in [0, 0.1) is 6.92 Å². The van der Waals surface area contributed by atoms with Gasteiger partial charge in [-0.3, -0.25) is 14.5 Å². The molecule has 3 aliphatic rings. The number of hydrogen-bond acceptors (Lipinski definition) is 5. The Balaban J connectivity index is 1.49. The van der Waals surface area contributed by atoms with Crippen LogP contribution in [0.15, 0.2) is 53.4 Å². The van der Waals surface area contributed by atoms with Crippen LogP contribution in [-0.2, 0) is 20.9 Å². The van der Waals surface area contributed by atoms with Crippen molar-refractivity contribution in [3.63, 3.8) is 0 Å². The van der Waals surface area contributed by atoms with Gasteiger partial charge >= 0.3 is 0 Å². The van der Waals surface area contributed by atoms with E-state index < -0.39 is 0 Å². The molecule has 0 radical (unpaired) electrons. The number of thiocarbonyl (C=S) groups is 1. The quantitative estimate of drug-likeness (QED) is 0.514. The van der Waals surface area contributed by atoms with Crippen molar-refractivity contribution in [2.45, 2.75) is 32.4 Å². The summed E-state index contributed by atoms with van der Waals surface area (Å²) in [5, 5.41) is 0. The lowest BCUT2D eigenvalue weighted by atomic mass is 10.1. The summed E-state index contributed by atoms with van der Waals surface area (Å²) in [5.74, 6) is -0.347. The van der Waals surface area contributed by atoms with Crippen LogP contribution < -0.4 is 4.90 Å².